The number of hydrogen-bond donors (Lipinski definition) is 3. The van der Waals surface area contributed by atoms with Crippen molar-refractivity contribution < 1.29 is 24.9 Å². The molecule has 0 amide bonds. The number of aliphatic hydroxyl groups excluding tert-OH is 2. The van der Waals surface area contributed by atoms with Gasteiger partial charge < -0.3 is 15.3 Å². The molecule has 0 saturated heterocycles. The molecule has 0 spiro atoms. The molecule has 22 heavy (non-hydrogen) atoms. The molecule has 0 aromatic heterocycles. The number of aliphatic hydroxyl groups is 2. The lowest BCUT2D eigenvalue weighted by Crippen LogP contribution is -2.19. The zero-order valence-electron chi connectivity index (χ0n) is 12.6. The van der Waals surface area contributed by atoms with Crippen LogP contribution in [-0.4, -0.2) is 38.3 Å². The highest BCUT2D eigenvalue weighted by molar-refractivity contribution is 8.13. The van der Waals surface area contributed by atoms with Gasteiger partial charge >= 0.3 is 5.97 Å². The fourth-order valence-electron chi connectivity index (χ4n) is 2.03. The summed E-state index contributed by atoms with van der Waals surface area (Å²) in [7, 11) is 0. The first-order chi connectivity index (χ1) is 10.4. The Morgan fingerprint density at radius 3 is 2.36 bits per heavy atom. The van der Waals surface area contributed by atoms with Crippen molar-refractivity contribution >= 4 is 22.8 Å². The summed E-state index contributed by atoms with van der Waals surface area (Å²) in [5.41, 5.74) is 1.61. The van der Waals surface area contributed by atoms with Gasteiger partial charge in [0.25, 0.3) is 0 Å². The summed E-state index contributed by atoms with van der Waals surface area (Å²) in [6, 6.07) is 7.14. The van der Waals surface area contributed by atoms with Crippen LogP contribution in [0.15, 0.2) is 24.3 Å². The maximum Gasteiger partial charge on any atom is 0.303 e. The molecule has 0 aliphatic rings. The van der Waals surface area contributed by atoms with Crippen LogP contribution in [0.3, 0.4) is 0 Å². The Balaban J connectivity index is 2.46. The molecule has 0 aliphatic carbocycles. The smallest absolute Gasteiger partial charge is 0.303 e. The molecule has 0 radical (unpaired) electrons. The number of aryl methyl sites for hydroxylation is 1. The van der Waals surface area contributed by atoms with Crippen LogP contribution in [0.5, 0.6) is 0 Å². The van der Waals surface area contributed by atoms with E-state index in [9.17, 15) is 19.8 Å². The van der Waals surface area contributed by atoms with Crippen molar-refractivity contribution in [2.24, 2.45) is 0 Å². The molecule has 0 fully saturated rings. The molecule has 122 valence electrons. The van der Waals surface area contributed by atoms with Crippen LogP contribution in [0.2, 0.25) is 0 Å². The summed E-state index contributed by atoms with van der Waals surface area (Å²) in [4.78, 5) is 21.3. The molecule has 5 nitrogen and oxygen atoms in total. The topological polar surface area (TPSA) is 94.8 Å². The Morgan fingerprint density at radius 1 is 1.18 bits per heavy atom. The fourth-order valence-corrected chi connectivity index (χ4v) is 2.68. The zero-order chi connectivity index (χ0) is 16.5. The predicted molar refractivity (Wildman–Crippen MR) is 85.7 cm³/mol. The van der Waals surface area contributed by atoms with Crippen LogP contribution < -0.4 is 0 Å². The zero-order valence-corrected chi connectivity index (χ0v) is 13.4. The van der Waals surface area contributed by atoms with E-state index in [-0.39, 0.29) is 11.5 Å². The summed E-state index contributed by atoms with van der Waals surface area (Å²) in [5, 5.41) is 28.6. The van der Waals surface area contributed by atoms with Crippen molar-refractivity contribution in [1.82, 2.24) is 0 Å². The van der Waals surface area contributed by atoms with E-state index >= 15 is 0 Å². The van der Waals surface area contributed by atoms with Crippen molar-refractivity contribution in [2.75, 3.05) is 5.75 Å². The van der Waals surface area contributed by atoms with Gasteiger partial charge in [-0.25, -0.2) is 0 Å². The van der Waals surface area contributed by atoms with Gasteiger partial charge in [-0.1, -0.05) is 36.0 Å². The Morgan fingerprint density at radius 2 is 1.82 bits per heavy atom. The molecular formula is C16H22O5S. The molecule has 1 aromatic carbocycles. The van der Waals surface area contributed by atoms with Gasteiger partial charge in [0, 0.05) is 19.1 Å². The minimum absolute atomic E-state index is 0.00703. The number of hydrogen-bond acceptors (Lipinski definition) is 5. The van der Waals surface area contributed by atoms with Crippen LogP contribution in [0.1, 0.15) is 43.4 Å². The lowest BCUT2D eigenvalue weighted by molar-refractivity contribution is -0.137. The van der Waals surface area contributed by atoms with Gasteiger partial charge in [0.2, 0.25) is 0 Å². The molecule has 2 atom stereocenters. The average molecular weight is 326 g/mol. The standard InChI is InChI=1S/C16H22O5S/c1-11(17)22-10-9-14(18)16(21)13-7-5-12(6-8-13)3-2-4-15(19)20/h5-8,14,16,18,21H,2-4,9-10H2,1H3,(H,19,20). The van der Waals surface area contributed by atoms with E-state index in [0.717, 1.165) is 17.3 Å². The molecule has 3 N–H and O–H groups in total. The Hall–Kier alpha value is -1.37. The Kier molecular flexibility index (Phi) is 8.16. The summed E-state index contributed by atoms with van der Waals surface area (Å²) in [6.45, 7) is 1.47. The van der Waals surface area contributed by atoms with Gasteiger partial charge in [-0.15, -0.1) is 0 Å². The predicted octanol–water partition coefficient (Wildman–Crippen LogP) is 2.16. The first kappa shape index (κ1) is 18.7. The Labute approximate surface area is 134 Å². The van der Waals surface area contributed by atoms with E-state index in [0.29, 0.717) is 30.6 Å². The van der Waals surface area contributed by atoms with Crippen LogP contribution in [0, 0.1) is 0 Å². The van der Waals surface area contributed by atoms with Crippen molar-refractivity contribution in [2.45, 2.75) is 44.8 Å². The maximum absolute atomic E-state index is 10.8. The lowest BCUT2D eigenvalue weighted by atomic mass is 10.00. The van der Waals surface area contributed by atoms with E-state index in [1.165, 1.54) is 6.92 Å². The normalized spacial score (nSPS) is 13.6. The van der Waals surface area contributed by atoms with Crippen LogP contribution in [-0.2, 0) is 16.0 Å². The SMILES string of the molecule is CC(=O)SCCC(O)C(O)c1ccc(CCCC(=O)O)cc1. The third-order valence-corrected chi connectivity index (χ3v) is 4.11. The van der Waals surface area contributed by atoms with Crippen molar-refractivity contribution in [3.8, 4) is 0 Å². The van der Waals surface area contributed by atoms with Crippen molar-refractivity contribution in [1.29, 1.82) is 0 Å². The second kappa shape index (κ2) is 9.61. The van der Waals surface area contributed by atoms with Gasteiger partial charge in [-0.2, -0.15) is 0 Å². The van der Waals surface area contributed by atoms with Crippen LogP contribution in [0.4, 0.5) is 0 Å². The number of aliphatic carboxylic acids is 1. The van der Waals surface area contributed by atoms with Gasteiger partial charge in [-0.05, 0) is 30.4 Å². The van der Waals surface area contributed by atoms with Gasteiger partial charge in [0.15, 0.2) is 5.12 Å². The first-order valence-electron chi connectivity index (χ1n) is 7.20. The number of carbonyl (C=O) groups excluding carboxylic acids is 1. The van der Waals surface area contributed by atoms with E-state index < -0.39 is 18.2 Å². The van der Waals surface area contributed by atoms with Crippen LogP contribution >= 0.6 is 11.8 Å². The molecule has 0 saturated carbocycles. The third-order valence-electron chi connectivity index (χ3n) is 3.26. The molecular weight excluding hydrogens is 304 g/mol. The number of rotatable bonds is 9. The maximum atomic E-state index is 10.8. The molecule has 1 rings (SSSR count). The molecule has 0 bridgehead atoms. The van der Waals surface area contributed by atoms with Gasteiger partial charge in [-0.3, -0.25) is 9.59 Å². The summed E-state index contributed by atoms with van der Waals surface area (Å²) in [6.07, 6.45) is -0.184. The largest absolute Gasteiger partial charge is 0.481 e. The van der Waals surface area contributed by atoms with Crippen molar-refractivity contribution in [3.05, 3.63) is 35.4 Å². The minimum Gasteiger partial charge on any atom is -0.481 e. The molecule has 0 aliphatic heterocycles. The number of thioether (sulfide) groups is 1. The molecule has 2 unspecified atom stereocenters. The van der Waals surface area contributed by atoms with E-state index in [1.54, 1.807) is 12.1 Å². The minimum atomic E-state index is -0.986. The van der Waals surface area contributed by atoms with E-state index in [2.05, 4.69) is 0 Å². The quantitative estimate of drug-likeness (QED) is 0.644. The van der Waals surface area contributed by atoms with Crippen LogP contribution in [0.25, 0.3) is 0 Å². The summed E-state index contributed by atoms with van der Waals surface area (Å²) in [5.74, 6) is -0.334. The second-order valence-electron chi connectivity index (χ2n) is 5.13. The number of benzene rings is 1. The second-order valence-corrected chi connectivity index (χ2v) is 6.40. The van der Waals surface area contributed by atoms with E-state index in [4.69, 9.17) is 5.11 Å². The summed E-state index contributed by atoms with van der Waals surface area (Å²) >= 11 is 1.13. The highest BCUT2D eigenvalue weighted by atomic mass is 32.2. The molecule has 6 heteroatoms. The Bertz CT molecular complexity index is 486. The highest BCUT2D eigenvalue weighted by Gasteiger charge is 2.18. The fraction of sp³-hybridized carbons (Fsp3) is 0.500. The van der Waals surface area contributed by atoms with E-state index in [1.807, 2.05) is 12.1 Å². The molecule has 1 aromatic rings. The lowest BCUT2D eigenvalue weighted by Gasteiger charge is -2.18. The number of carbonyl (C=O) groups is 2. The first-order valence-corrected chi connectivity index (χ1v) is 8.19. The monoisotopic (exact) mass is 326 g/mol. The van der Waals surface area contributed by atoms with Gasteiger partial charge in [0.05, 0.1) is 6.10 Å². The van der Waals surface area contributed by atoms with Crippen molar-refractivity contribution in [3.63, 3.8) is 0 Å². The van der Waals surface area contributed by atoms with Gasteiger partial charge in [0.1, 0.15) is 6.10 Å². The number of carboxylic acid groups (broad SMARTS) is 1. The third kappa shape index (κ3) is 7.06. The average Bonchev–Trinajstić information content (AvgIpc) is 2.46. The summed E-state index contributed by atoms with van der Waals surface area (Å²) < 4.78 is 0. The highest BCUT2D eigenvalue weighted by Crippen LogP contribution is 2.21. The molecule has 0 heterocycles. The number of carboxylic acids is 1.